The fraction of sp³-hybridized carbons (Fsp3) is 0.333. The first-order valence-corrected chi connectivity index (χ1v) is 8.79. The maximum atomic E-state index is 13.1. The third-order valence-electron chi connectivity index (χ3n) is 4.14. The second-order valence-corrected chi connectivity index (χ2v) is 7.55. The van der Waals surface area contributed by atoms with Crippen molar-refractivity contribution < 1.29 is 14.0 Å². The molecule has 0 fully saturated rings. The van der Waals surface area contributed by atoms with Crippen LogP contribution in [0, 0.1) is 5.82 Å². The molecule has 144 valence electrons. The van der Waals surface area contributed by atoms with Crippen LogP contribution in [0.2, 0.25) is 0 Å². The van der Waals surface area contributed by atoms with Crippen molar-refractivity contribution in [2.75, 3.05) is 12.4 Å². The van der Waals surface area contributed by atoms with E-state index in [4.69, 9.17) is 0 Å². The molecular weight excluding hydrogens is 345 g/mol. The Bertz CT molecular complexity index is 796. The molecule has 0 heterocycles. The molecule has 0 radical (unpaired) electrons. The first-order valence-electron chi connectivity index (χ1n) is 8.79. The molecule has 27 heavy (non-hydrogen) atoms. The topological polar surface area (TPSA) is 61.4 Å². The Balaban J connectivity index is 2.00. The third-order valence-corrected chi connectivity index (χ3v) is 4.14. The Hall–Kier alpha value is -2.89. The van der Waals surface area contributed by atoms with Crippen molar-refractivity contribution in [3.05, 3.63) is 65.5 Å². The molecule has 0 aromatic heterocycles. The molecule has 2 aromatic carbocycles. The van der Waals surface area contributed by atoms with Crippen molar-refractivity contribution in [2.24, 2.45) is 0 Å². The van der Waals surface area contributed by atoms with Crippen molar-refractivity contribution in [3.63, 3.8) is 0 Å². The van der Waals surface area contributed by atoms with Gasteiger partial charge in [0.05, 0.1) is 6.04 Å². The van der Waals surface area contributed by atoms with Crippen LogP contribution in [-0.2, 0) is 0 Å². The van der Waals surface area contributed by atoms with E-state index in [-0.39, 0.29) is 29.3 Å². The number of hydrogen-bond donors (Lipinski definition) is 2. The highest BCUT2D eigenvalue weighted by Gasteiger charge is 2.18. The van der Waals surface area contributed by atoms with Crippen molar-refractivity contribution >= 4 is 17.6 Å². The van der Waals surface area contributed by atoms with Crippen LogP contribution >= 0.6 is 0 Å². The molecule has 0 unspecified atom stereocenters. The lowest BCUT2D eigenvalue weighted by atomic mass is 10.1. The quantitative estimate of drug-likeness (QED) is 0.826. The highest BCUT2D eigenvalue weighted by atomic mass is 19.1. The van der Waals surface area contributed by atoms with E-state index in [1.807, 2.05) is 27.7 Å². The molecule has 0 aliphatic heterocycles. The monoisotopic (exact) mass is 371 g/mol. The van der Waals surface area contributed by atoms with Gasteiger partial charge in [0, 0.05) is 23.8 Å². The highest BCUT2D eigenvalue weighted by molar-refractivity contribution is 5.96. The normalized spacial score (nSPS) is 12.2. The van der Waals surface area contributed by atoms with Gasteiger partial charge in [0.2, 0.25) is 0 Å². The minimum absolute atomic E-state index is 0.164. The van der Waals surface area contributed by atoms with Crippen LogP contribution in [0.15, 0.2) is 48.5 Å². The van der Waals surface area contributed by atoms with Crippen molar-refractivity contribution in [1.82, 2.24) is 10.2 Å². The summed E-state index contributed by atoms with van der Waals surface area (Å²) in [5.41, 5.74) is 1.63. The molecular formula is C21H26FN3O2. The maximum absolute atomic E-state index is 13.1. The Morgan fingerprint density at radius 1 is 1.00 bits per heavy atom. The fourth-order valence-corrected chi connectivity index (χ4v) is 2.47. The van der Waals surface area contributed by atoms with Crippen LogP contribution < -0.4 is 10.6 Å². The lowest BCUT2D eigenvalue weighted by Gasteiger charge is -2.25. The van der Waals surface area contributed by atoms with E-state index in [1.54, 1.807) is 43.4 Å². The SMILES string of the molecule is C[C@@H](c1ccc(F)cc1)N(C)C(=O)Nc1ccc(C(=O)NC(C)(C)C)cc1. The van der Waals surface area contributed by atoms with Gasteiger partial charge < -0.3 is 15.5 Å². The summed E-state index contributed by atoms with van der Waals surface area (Å²) in [5.74, 6) is -0.476. The molecule has 6 heteroatoms. The van der Waals surface area contributed by atoms with E-state index in [9.17, 15) is 14.0 Å². The van der Waals surface area contributed by atoms with Gasteiger partial charge in [0.1, 0.15) is 5.82 Å². The van der Waals surface area contributed by atoms with Crippen LogP contribution in [-0.4, -0.2) is 29.4 Å². The van der Waals surface area contributed by atoms with E-state index in [0.717, 1.165) is 5.56 Å². The van der Waals surface area contributed by atoms with E-state index < -0.39 is 0 Å². The van der Waals surface area contributed by atoms with Gasteiger partial charge >= 0.3 is 6.03 Å². The Kier molecular flexibility index (Phi) is 6.20. The molecule has 0 aliphatic rings. The number of urea groups is 1. The Morgan fingerprint density at radius 2 is 1.56 bits per heavy atom. The molecule has 5 nitrogen and oxygen atoms in total. The van der Waals surface area contributed by atoms with Gasteiger partial charge in [-0.25, -0.2) is 9.18 Å². The predicted molar refractivity (Wildman–Crippen MR) is 105 cm³/mol. The summed E-state index contributed by atoms with van der Waals surface area (Å²) in [6.45, 7) is 7.61. The number of rotatable bonds is 4. The maximum Gasteiger partial charge on any atom is 0.322 e. The van der Waals surface area contributed by atoms with Gasteiger partial charge in [0.25, 0.3) is 5.91 Å². The zero-order valence-electron chi connectivity index (χ0n) is 16.3. The van der Waals surface area contributed by atoms with E-state index in [1.165, 1.54) is 17.0 Å². The standard InChI is InChI=1S/C21H26FN3O2/c1-14(15-6-10-17(22)11-7-15)25(5)20(27)23-18-12-8-16(9-13-18)19(26)24-21(2,3)4/h6-14H,1-5H3,(H,23,27)(H,24,26)/t14-/m0/s1. The number of anilines is 1. The minimum Gasteiger partial charge on any atom is -0.347 e. The average Bonchev–Trinajstić information content (AvgIpc) is 2.60. The van der Waals surface area contributed by atoms with Gasteiger partial charge in [-0.3, -0.25) is 4.79 Å². The molecule has 0 aliphatic carbocycles. The van der Waals surface area contributed by atoms with E-state index in [2.05, 4.69) is 10.6 Å². The molecule has 3 amide bonds. The summed E-state index contributed by atoms with van der Waals surface area (Å²) in [6, 6.07) is 12.3. The van der Waals surface area contributed by atoms with E-state index in [0.29, 0.717) is 11.3 Å². The number of hydrogen-bond acceptors (Lipinski definition) is 2. The molecule has 0 spiro atoms. The smallest absolute Gasteiger partial charge is 0.322 e. The summed E-state index contributed by atoms with van der Waals surface area (Å²) in [5, 5.41) is 5.69. The van der Waals surface area contributed by atoms with Crippen molar-refractivity contribution in [2.45, 2.75) is 39.3 Å². The third kappa shape index (κ3) is 5.81. The second kappa shape index (κ2) is 8.20. The number of halogens is 1. The molecule has 0 saturated carbocycles. The van der Waals surface area contributed by atoms with E-state index >= 15 is 0 Å². The largest absolute Gasteiger partial charge is 0.347 e. The summed E-state index contributed by atoms with van der Waals surface area (Å²) in [7, 11) is 1.68. The van der Waals surface area contributed by atoms with Crippen LogP contribution in [0.1, 0.15) is 49.7 Å². The zero-order chi connectivity index (χ0) is 20.2. The van der Waals surface area contributed by atoms with Crippen LogP contribution in [0.3, 0.4) is 0 Å². The number of nitrogens with one attached hydrogen (secondary N) is 2. The first kappa shape index (κ1) is 20.4. The summed E-state index contributed by atoms with van der Waals surface area (Å²) < 4.78 is 13.1. The van der Waals surface area contributed by atoms with Gasteiger partial charge in [0.15, 0.2) is 0 Å². The van der Waals surface area contributed by atoms with Crippen LogP contribution in [0.25, 0.3) is 0 Å². The number of amides is 3. The van der Waals surface area contributed by atoms with Crippen LogP contribution in [0.5, 0.6) is 0 Å². The Labute approximate surface area is 159 Å². The number of carbonyl (C=O) groups is 2. The first-order chi connectivity index (χ1) is 12.6. The van der Waals surface area contributed by atoms with Gasteiger partial charge in [-0.2, -0.15) is 0 Å². The highest BCUT2D eigenvalue weighted by Crippen LogP contribution is 2.20. The van der Waals surface area contributed by atoms with Gasteiger partial charge in [-0.1, -0.05) is 12.1 Å². The van der Waals surface area contributed by atoms with Gasteiger partial charge in [-0.05, 0) is 69.7 Å². The number of nitrogens with zero attached hydrogens (tertiary/aromatic N) is 1. The molecule has 1 atom stereocenters. The summed E-state index contributed by atoms with van der Waals surface area (Å²) in [6.07, 6.45) is 0. The summed E-state index contributed by atoms with van der Waals surface area (Å²) >= 11 is 0. The predicted octanol–water partition coefficient (Wildman–Crippen LogP) is 4.58. The second-order valence-electron chi connectivity index (χ2n) is 7.55. The van der Waals surface area contributed by atoms with Crippen molar-refractivity contribution in [1.29, 1.82) is 0 Å². The number of benzene rings is 2. The van der Waals surface area contributed by atoms with Crippen LogP contribution in [0.4, 0.5) is 14.9 Å². The molecule has 2 rings (SSSR count). The Morgan fingerprint density at radius 3 is 2.07 bits per heavy atom. The van der Waals surface area contributed by atoms with Crippen molar-refractivity contribution in [3.8, 4) is 0 Å². The molecule has 2 N–H and O–H groups in total. The molecule has 2 aromatic rings. The molecule has 0 saturated heterocycles. The minimum atomic E-state index is -0.316. The van der Waals surface area contributed by atoms with Gasteiger partial charge in [-0.15, -0.1) is 0 Å². The zero-order valence-corrected chi connectivity index (χ0v) is 16.3. The summed E-state index contributed by atoms with van der Waals surface area (Å²) in [4.78, 5) is 26.1. The number of carbonyl (C=O) groups excluding carboxylic acids is 2. The molecule has 0 bridgehead atoms. The lowest BCUT2D eigenvalue weighted by molar-refractivity contribution is 0.0919. The fourth-order valence-electron chi connectivity index (χ4n) is 2.47. The average molecular weight is 371 g/mol. The lowest BCUT2D eigenvalue weighted by Crippen LogP contribution is -2.40.